The number of halogens is 1. The predicted octanol–water partition coefficient (Wildman–Crippen LogP) is 2.29. The number of pyridine rings is 1. The van der Waals surface area contributed by atoms with Crippen LogP contribution in [0.5, 0.6) is 5.75 Å². The molecular weight excluding hydrogens is 218 g/mol. The first kappa shape index (κ1) is 9.73. The molecule has 5 heteroatoms. The van der Waals surface area contributed by atoms with E-state index in [1.54, 1.807) is 6.07 Å². The Labute approximate surface area is 89.8 Å². The van der Waals surface area contributed by atoms with Crippen molar-refractivity contribution in [3.63, 3.8) is 0 Å². The Balaban J connectivity index is 2.77. The number of rotatable bonds is 1. The second kappa shape index (κ2) is 3.40. The zero-order valence-electron chi connectivity index (χ0n) is 7.44. The second-order valence-electron chi connectivity index (χ2n) is 3.01. The van der Waals surface area contributed by atoms with Crippen molar-refractivity contribution in [3.05, 3.63) is 35.0 Å². The lowest BCUT2D eigenvalue weighted by Gasteiger charge is -2.02. The molecule has 1 aromatic heterocycles. The molecule has 0 fully saturated rings. The van der Waals surface area contributed by atoms with Crippen LogP contribution in [0.15, 0.2) is 24.3 Å². The van der Waals surface area contributed by atoms with Gasteiger partial charge in [-0.1, -0.05) is 11.6 Å². The van der Waals surface area contributed by atoms with Gasteiger partial charge in [-0.05, 0) is 24.3 Å². The van der Waals surface area contributed by atoms with Crippen LogP contribution in [0.25, 0.3) is 10.9 Å². The van der Waals surface area contributed by atoms with Crippen molar-refractivity contribution < 1.29 is 15.0 Å². The van der Waals surface area contributed by atoms with Gasteiger partial charge in [-0.15, -0.1) is 0 Å². The lowest BCUT2D eigenvalue weighted by Crippen LogP contribution is -1.99. The molecule has 4 nitrogen and oxygen atoms in total. The summed E-state index contributed by atoms with van der Waals surface area (Å²) in [4.78, 5) is 14.7. The largest absolute Gasteiger partial charge is 0.508 e. The summed E-state index contributed by atoms with van der Waals surface area (Å²) in [5.41, 5.74) is 0.470. The molecule has 0 spiro atoms. The van der Waals surface area contributed by atoms with Gasteiger partial charge >= 0.3 is 5.97 Å². The fraction of sp³-hybridized carbons (Fsp3) is 0. The van der Waals surface area contributed by atoms with Gasteiger partial charge in [0, 0.05) is 5.39 Å². The van der Waals surface area contributed by atoms with Crippen LogP contribution in [0.1, 0.15) is 10.4 Å². The van der Waals surface area contributed by atoms with Crippen LogP contribution < -0.4 is 0 Å². The van der Waals surface area contributed by atoms with Gasteiger partial charge < -0.3 is 10.2 Å². The molecule has 0 radical (unpaired) electrons. The number of hydrogen-bond donors (Lipinski definition) is 2. The fourth-order valence-corrected chi connectivity index (χ4v) is 1.52. The van der Waals surface area contributed by atoms with Crippen LogP contribution >= 0.6 is 11.6 Å². The number of carboxylic acid groups (broad SMARTS) is 1. The van der Waals surface area contributed by atoms with Gasteiger partial charge in [-0.2, -0.15) is 0 Å². The van der Waals surface area contributed by atoms with Gasteiger partial charge in [0.1, 0.15) is 10.9 Å². The minimum atomic E-state index is -1.14. The molecule has 0 saturated carbocycles. The molecule has 0 amide bonds. The number of benzene rings is 1. The zero-order chi connectivity index (χ0) is 11.0. The molecule has 76 valence electrons. The van der Waals surface area contributed by atoms with Crippen molar-refractivity contribution in [2.24, 2.45) is 0 Å². The van der Waals surface area contributed by atoms with E-state index in [4.69, 9.17) is 16.7 Å². The predicted molar refractivity (Wildman–Crippen MR) is 55.4 cm³/mol. The maximum atomic E-state index is 10.8. The summed E-state index contributed by atoms with van der Waals surface area (Å²) in [7, 11) is 0. The zero-order valence-corrected chi connectivity index (χ0v) is 8.19. The highest BCUT2D eigenvalue weighted by atomic mass is 35.5. The summed E-state index contributed by atoms with van der Waals surface area (Å²) in [6.45, 7) is 0. The third kappa shape index (κ3) is 1.71. The quantitative estimate of drug-likeness (QED) is 0.728. The standard InChI is InChI=1S/C10H6ClNO3/c11-9-7(10(14)15)4-5-3-6(13)1-2-8(5)12-9/h1-4,13H,(H,14,15). The molecule has 2 aromatic rings. The van der Waals surface area contributed by atoms with Crippen LogP contribution in [0, 0.1) is 0 Å². The molecule has 1 aromatic carbocycles. The number of nitrogens with zero attached hydrogens (tertiary/aromatic N) is 1. The maximum absolute atomic E-state index is 10.8. The average molecular weight is 224 g/mol. The number of phenols is 1. The second-order valence-corrected chi connectivity index (χ2v) is 3.37. The molecule has 1 heterocycles. The highest BCUT2D eigenvalue weighted by molar-refractivity contribution is 6.32. The topological polar surface area (TPSA) is 70.4 Å². The van der Waals surface area contributed by atoms with Crippen molar-refractivity contribution in [2.75, 3.05) is 0 Å². The number of carboxylic acids is 1. The highest BCUT2D eigenvalue weighted by Gasteiger charge is 2.11. The summed E-state index contributed by atoms with van der Waals surface area (Å²) in [5.74, 6) is -1.08. The minimum absolute atomic E-state index is 0.0549. The molecule has 0 unspecified atom stereocenters. The summed E-state index contributed by atoms with van der Waals surface area (Å²) in [6.07, 6.45) is 0. The summed E-state index contributed by atoms with van der Waals surface area (Å²) >= 11 is 5.68. The summed E-state index contributed by atoms with van der Waals surface area (Å²) in [6, 6.07) is 5.85. The Hall–Kier alpha value is -1.81. The van der Waals surface area contributed by atoms with E-state index < -0.39 is 5.97 Å². The van der Waals surface area contributed by atoms with E-state index in [1.807, 2.05) is 0 Å². The van der Waals surface area contributed by atoms with Crippen molar-refractivity contribution in [1.82, 2.24) is 4.98 Å². The van der Waals surface area contributed by atoms with Crippen molar-refractivity contribution in [3.8, 4) is 5.75 Å². The number of hydrogen-bond acceptors (Lipinski definition) is 3. The highest BCUT2D eigenvalue weighted by Crippen LogP contribution is 2.23. The Bertz CT molecular complexity index is 554. The third-order valence-electron chi connectivity index (χ3n) is 1.98. The molecular formula is C10H6ClNO3. The van der Waals surface area contributed by atoms with E-state index in [0.29, 0.717) is 10.9 Å². The molecule has 2 N–H and O–H groups in total. The number of aromatic nitrogens is 1. The monoisotopic (exact) mass is 223 g/mol. The molecule has 2 rings (SSSR count). The number of fused-ring (bicyclic) bond motifs is 1. The number of phenolic OH excluding ortho intramolecular Hbond substituents is 1. The van der Waals surface area contributed by atoms with Gasteiger partial charge in [-0.3, -0.25) is 0 Å². The van der Waals surface area contributed by atoms with Crippen LogP contribution in [0.2, 0.25) is 5.15 Å². The third-order valence-corrected chi connectivity index (χ3v) is 2.27. The average Bonchev–Trinajstić information content (AvgIpc) is 2.17. The van der Waals surface area contributed by atoms with E-state index in [2.05, 4.69) is 4.98 Å². The van der Waals surface area contributed by atoms with E-state index in [0.717, 1.165) is 0 Å². The van der Waals surface area contributed by atoms with Gasteiger partial charge in [0.05, 0.1) is 11.1 Å². The normalized spacial score (nSPS) is 10.5. The molecule has 15 heavy (non-hydrogen) atoms. The molecule has 0 aliphatic carbocycles. The van der Waals surface area contributed by atoms with Crippen LogP contribution in [-0.2, 0) is 0 Å². The molecule has 0 aliphatic heterocycles. The van der Waals surface area contributed by atoms with E-state index in [9.17, 15) is 9.90 Å². The molecule has 0 bridgehead atoms. The number of aromatic carboxylic acids is 1. The number of carbonyl (C=O) groups is 1. The minimum Gasteiger partial charge on any atom is -0.508 e. The summed E-state index contributed by atoms with van der Waals surface area (Å²) < 4.78 is 0. The molecule has 0 saturated heterocycles. The summed E-state index contributed by atoms with van der Waals surface area (Å²) in [5, 5.41) is 18.5. The Kier molecular flexibility index (Phi) is 2.21. The van der Waals surface area contributed by atoms with Crippen molar-refractivity contribution in [2.45, 2.75) is 0 Å². The fourth-order valence-electron chi connectivity index (χ4n) is 1.29. The number of aromatic hydroxyl groups is 1. The van der Waals surface area contributed by atoms with Gasteiger partial charge in [0.25, 0.3) is 0 Å². The Morgan fingerprint density at radius 3 is 2.73 bits per heavy atom. The van der Waals surface area contributed by atoms with E-state index >= 15 is 0 Å². The molecule has 0 aliphatic rings. The lowest BCUT2D eigenvalue weighted by atomic mass is 10.1. The first-order valence-corrected chi connectivity index (χ1v) is 4.48. The Morgan fingerprint density at radius 1 is 1.33 bits per heavy atom. The first-order valence-electron chi connectivity index (χ1n) is 4.10. The first-order chi connectivity index (χ1) is 7.08. The SMILES string of the molecule is O=C(O)c1cc2cc(O)ccc2nc1Cl. The van der Waals surface area contributed by atoms with E-state index in [1.165, 1.54) is 18.2 Å². The van der Waals surface area contributed by atoms with Gasteiger partial charge in [0.15, 0.2) is 0 Å². The van der Waals surface area contributed by atoms with Crippen LogP contribution in [0.4, 0.5) is 0 Å². The molecule has 0 atom stereocenters. The van der Waals surface area contributed by atoms with Crippen LogP contribution in [-0.4, -0.2) is 21.2 Å². The van der Waals surface area contributed by atoms with E-state index in [-0.39, 0.29) is 16.5 Å². The van der Waals surface area contributed by atoms with Crippen LogP contribution in [0.3, 0.4) is 0 Å². The van der Waals surface area contributed by atoms with Crippen molar-refractivity contribution in [1.29, 1.82) is 0 Å². The Morgan fingerprint density at radius 2 is 2.07 bits per heavy atom. The maximum Gasteiger partial charge on any atom is 0.338 e. The smallest absolute Gasteiger partial charge is 0.338 e. The van der Waals surface area contributed by atoms with Crippen molar-refractivity contribution >= 4 is 28.5 Å². The van der Waals surface area contributed by atoms with Gasteiger partial charge in [-0.25, -0.2) is 9.78 Å². The lowest BCUT2D eigenvalue weighted by molar-refractivity contribution is 0.0697. The van der Waals surface area contributed by atoms with Gasteiger partial charge in [0.2, 0.25) is 0 Å².